The number of hydroxylamine groups is 1. The number of rotatable bonds is 4. The van der Waals surface area contributed by atoms with Crippen molar-refractivity contribution in [3.63, 3.8) is 0 Å². The Bertz CT molecular complexity index is 428. The van der Waals surface area contributed by atoms with Crippen LogP contribution in [0.5, 0.6) is 0 Å². The highest BCUT2D eigenvalue weighted by Crippen LogP contribution is 2.24. The third-order valence-corrected chi connectivity index (χ3v) is 3.02. The molecule has 1 fully saturated rings. The van der Waals surface area contributed by atoms with Gasteiger partial charge >= 0.3 is 0 Å². The highest BCUT2D eigenvalue weighted by atomic mass is 35.5. The lowest BCUT2D eigenvalue weighted by Crippen LogP contribution is -2.43. The monoisotopic (exact) mass is 269 g/mol. The lowest BCUT2D eigenvalue weighted by Gasteiger charge is -2.10. The van der Waals surface area contributed by atoms with Crippen molar-refractivity contribution in [1.29, 1.82) is 0 Å². The van der Waals surface area contributed by atoms with Crippen LogP contribution in [0.3, 0.4) is 0 Å². The third-order valence-electron chi connectivity index (χ3n) is 2.79. The van der Waals surface area contributed by atoms with E-state index in [4.69, 9.17) is 16.4 Å². The van der Waals surface area contributed by atoms with Gasteiger partial charge in [0.05, 0.1) is 6.61 Å². The molecule has 1 aliphatic rings. The maximum atomic E-state index is 11.7. The largest absolute Gasteiger partial charge is 0.274 e. The number of nitrogens with one attached hydrogen (secondary N) is 3. The number of amides is 1. The average molecular weight is 270 g/mol. The van der Waals surface area contributed by atoms with Gasteiger partial charge in [-0.05, 0) is 31.0 Å². The van der Waals surface area contributed by atoms with Crippen LogP contribution in [0.25, 0.3) is 0 Å². The molecule has 1 aliphatic heterocycles. The van der Waals surface area contributed by atoms with Gasteiger partial charge in [-0.1, -0.05) is 23.7 Å². The summed E-state index contributed by atoms with van der Waals surface area (Å²) >= 11 is 5.94. The van der Waals surface area contributed by atoms with Gasteiger partial charge in [-0.25, -0.2) is 16.3 Å². The molecule has 0 aromatic heterocycles. The number of carbonyl (C=O) groups excluding carboxylic acids is 1. The molecular formula is C12H16ClN3O2. The Kier molecular flexibility index (Phi) is 4.54. The Balaban J connectivity index is 1.94. The van der Waals surface area contributed by atoms with Crippen molar-refractivity contribution < 1.29 is 9.63 Å². The summed E-state index contributed by atoms with van der Waals surface area (Å²) in [7, 11) is 0. The van der Waals surface area contributed by atoms with Gasteiger partial charge in [0.25, 0.3) is 5.91 Å². The third kappa shape index (κ3) is 3.20. The second kappa shape index (κ2) is 6.15. The minimum absolute atomic E-state index is 0.0704. The van der Waals surface area contributed by atoms with E-state index in [1.165, 1.54) is 0 Å². The van der Waals surface area contributed by atoms with E-state index < -0.39 is 0 Å². The van der Waals surface area contributed by atoms with E-state index in [-0.39, 0.29) is 18.0 Å². The molecule has 98 valence electrons. The van der Waals surface area contributed by atoms with Crippen LogP contribution < -0.4 is 16.3 Å². The first-order valence-electron chi connectivity index (χ1n) is 5.89. The summed E-state index contributed by atoms with van der Waals surface area (Å²) in [5.74, 6) is -0.172. The molecule has 3 N–H and O–H groups in total. The Morgan fingerprint density at radius 3 is 3.11 bits per heavy atom. The summed E-state index contributed by atoms with van der Waals surface area (Å²) in [6.45, 7) is 2.26. The highest BCUT2D eigenvalue weighted by molar-refractivity contribution is 6.30. The summed E-state index contributed by atoms with van der Waals surface area (Å²) in [6, 6.07) is 7.36. The zero-order chi connectivity index (χ0) is 13.0. The first kappa shape index (κ1) is 13.3. The summed E-state index contributed by atoms with van der Waals surface area (Å²) < 4.78 is 0. The number of benzene rings is 1. The minimum Gasteiger partial charge on any atom is -0.274 e. The SMILES string of the molecule is CCONC(=O)C1CC(c2cccc(Cl)c2)NN1. The van der Waals surface area contributed by atoms with Crippen molar-refractivity contribution >= 4 is 17.5 Å². The van der Waals surface area contributed by atoms with Gasteiger partial charge in [-0.2, -0.15) is 0 Å². The number of halogens is 1. The normalized spacial score (nSPS) is 23.0. The fourth-order valence-corrected chi connectivity index (χ4v) is 2.08. The van der Waals surface area contributed by atoms with Crippen molar-refractivity contribution in [2.24, 2.45) is 0 Å². The number of hydrogen-bond donors (Lipinski definition) is 3. The predicted octanol–water partition coefficient (Wildman–Crippen LogP) is 1.32. The summed E-state index contributed by atoms with van der Waals surface area (Å²) in [5, 5.41) is 0.691. The smallest absolute Gasteiger partial charge is 0.262 e. The van der Waals surface area contributed by atoms with E-state index in [0.717, 1.165) is 5.56 Å². The topological polar surface area (TPSA) is 62.4 Å². The molecule has 0 saturated carbocycles. The van der Waals surface area contributed by atoms with Gasteiger partial charge in [0.2, 0.25) is 0 Å². The fourth-order valence-electron chi connectivity index (χ4n) is 1.88. The van der Waals surface area contributed by atoms with Crippen LogP contribution in [0.2, 0.25) is 5.02 Å². The van der Waals surface area contributed by atoms with Gasteiger partial charge in [-0.15, -0.1) is 0 Å². The van der Waals surface area contributed by atoms with E-state index in [2.05, 4.69) is 16.3 Å². The van der Waals surface area contributed by atoms with Crippen LogP contribution in [0.15, 0.2) is 24.3 Å². The van der Waals surface area contributed by atoms with Crippen LogP contribution >= 0.6 is 11.6 Å². The molecule has 5 nitrogen and oxygen atoms in total. The highest BCUT2D eigenvalue weighted by Gasteiger charge is 2.30. The van der Waals surface area contributed by atoms with Crippen LogP contribution in [0, 0.1) is 0 Å². The molecule has 0 aliphatic carbocycles. The van der Waals surface area contributed by atoms with E-state index in [0.29, 0.717) is 18.1 Å². The summed E-state index contributed by atoms with van der Waals surface area (Å²) in [4.78, 5) is 16.6. The van der Waals surface area contributed by atoms with Gasteiger partial charge in [0.1, 0.15) is 6.04 Å². The fraction of sp³-hybridized carbons (Fsp3) is 0.417. The zero-order valence-electron chi connectivity index (χ0n) is 10.1. The molecule has 2 unspecified atom stereocenters. The van der Waals surface area contributed by atoms with E-state index in [9.17, 15) is 4.79 Å². The maximum absolute atomic E-state index is 11.7. The second-order valence-electron chi connectivity index (χ2n) is 4.08. The van der Waals surface area contributed by atoms with Gasteiger partial charge in [0, 0.05) is 11.1 Å². The molecule has 18 heavy (non-hydrogen) atoms. The Labute approximate surface area is 111 Å². The predicted molar refractivity (Wildman–Crippen MR) is 68.6 cm³/mol. The van der Waals surface area contributed by atoms with E-state index in [1.807, 2.05) is 31.2 Å². The molecule has 1 aromatic carbocycles. The first-order valence-corrected chi connectivity index (χ1v) is 6.26. The quantitative estimate of drug-likeness (QED) is 0.722. The molecule has 1 saturated heterocycles. The van der Waals surface area contributed by atoms with Crippen LogP contribution in [0.4, 0.5) is 0 Å². The average Bonchev–Trinajstić information content (AvgIpc) is 2.85. The molecule has 0 bridgehead atoms. The van der Waals surface area contributed by atoms with Gasteiger partial charge in [0.15, 0.2) is 0 Å². The van der Waals surface area contributed by atoms with Crippen molar-refractivity contribution in [2.75, 3.05) is 6.61 Å². The molecule has 6 heteroatoms. The molecule has 1 aromatic rings. The zero-order valence-corrected chi connectivity index (χ0v) is 10.8. The lowest BCUT2D eigenvalue weighted by atomic mass is 10.0. The second-order valence-corrected chi connectivity index (χ2v) is 4.52. The van der Waals surface area contributed by atoms with E-state index >= 15 is 0 Å². The number of hydrazine groups is 1. The standard InChI is InChI=1S/C12H16ClN3O2/c1-2-18-16-12(17)11-7-10(14-15-11)8-4-3-5-9(13)6-8/h3-6,10-11,14-15H,2,7H2,1H3,(H,16,17). The summed E-state index contributed by atoms with van der Waals surface area (Å²) in [6.07, 6.45) is 0.652. The molecule has 1 heterocycles. The van der Waals surface area contributed by atoms with Crippen molar-refractivity contribution in [3.8, 4) is 0 Å². The Hall–Kier alpha value is -1.14. The van der Waals surface area contributed by atoms with Gasteiger partial charge < -0.3 is 0 Å². The summed E-state index contributed by atoms with van der Waals surface area (Å²) in [5.41, 5.74) is 9.48. The molecule has 1 amide bonds. The number of hydrogen-bond acceptors (Lipinski definition) is 4. The maximum Gasteiger partial charge on any atom is 0.262 e. The first-order chi connectivity index (χ1) is 8.70. The van der Waals surface area contributed by atoms with Crippen LogP contribution in [0.1, 0.15) is 24.9 Å². The van der Waals surface area contributed by atoms with Crippen molar-refractivity contribution in [2.45, 2.75) is 25.4 Å². The molecular weight excluding hydrogens is 254 g/mol. The minimum atomic E-state index is -0.305. The molecule has 2 atom stereocenters. The Morgan fingerprint density at radius 2 is 2.39 bits per heavy atom. The van der Waals surface area contributed by atoms with Crippen molar-refractivity contribution in [3.05, 3.63) is 34.9 Å². The van der Waals surface area contributed by atoms with Crippen LogP contribution in [-0.4, -0.2) is 18.6 Å². The van der Waals surface area contributed by atoms with Gasteiger partial charge in [-0.3, -0.25) is 9.63 Å². The number of carbonyl (C=O) groups is 1. The van der Waals surface area contributed by atoms with Crippen molar-refractivity contribution in [1.82, 2.24) is 16.3 Å². The lowest BCUT2D eigenvalue weighted by molar-refractivity contribution is -0.135. The molecule has 0 spiro atoms. The van der Waals surface area contributed by atoms with Crippen LogP contribution in [-0.2, 0) is 9.63 Å². The Morgan fingerprint density at radius 1 is 1.56 bits per heavy atom. The van der Waals surface area contributed by atoms with E-state index in [1.54, 1.807) is 0 Å². The molecule has 0 radical (unpaired) electrons. The molecule has 2 rings (SSSR count).